The van der Waals surface area contributed by atoms with Crippen LogP contribution in [0.4, 0.5) is 11.4 Å². The van der Waals surface area contributed by atoms with Gasteiger partial charge in [-0.25, -0.2) is 0 Å². The highest BCUT2D eigenvalue weighted by atomic mass is 16.1. The normalized spacial score (nSPS) is 17.6. The van der Waals surface area contributed by atoms with Gasteiger partial charge in [0.15, 0.2) is 0 Å². The zero-order valence-corrected chi connectivity index (χ0v) is 19.5. The molecule has 2 aromatic rings. The van der Waals surface area contributed by atoms with Crippen LogP contribution < -0.4 is 10.2 Å². The van der Waals surface area contributed by atoms with Crippen molar-refractivity contribution in [3.05, 3.63) is 64.2 Å². The Hall–Kier alpha value is -3.06. The number of benzene rings is 2. The van der Waals surface area contributed by atoms with Gasteiger partial charge in [0.1, 0.15) is 11.6 Å². The van der Waals surface area contributed by atoms with Gasteiger partial charge in [-0.1, -0.05) is 32.0 Å². The molecular weight excluding hydrogens is 382 g/mol. The number of nitrogens with zero attached hydrogens (tertiary/aromatic N) is 2. The first-order valence-electron chi connectivity index (χ1n) is 11.1. The third kappa shape index (κ3) is 4.66. The Kier molecular flexibility index (Phi) is 6.55. The first-order chi connectivity index (χ1) is 14.7. The highest BCUT2D eigenvalue weighted by molar-refractivity contribution is 6.10. The maximum atomic E-state index is 12.8. The monoisotopic (exact) mass is 415 g/mol. The van der Waals surface area contributed by atoms with Crippen LogP contribution in [0, 0.1) is 25.2 Å². The smallest absolute Gasteiger partial charge is 0.266 e. The lowest BCUT2D eigenvalue weighted by molar-refractivity contribution is -0.112. The SMILES string of the molecule is CCCN1c2ccc(/C=C(\C#N)C(=O)Nc3cccc(C)c3C)cc2C(C)CC1(C)C. The quantitative estimate of drug-likeness (QED) is 0.457. The largest absolute Gasteiger partial charge is 0.366 e. The van der Waals surface area contributed by atoms with Gasteiger partial charge in [0.2, 0.25) is 0 Å². The zero-order valence-electron chi connectivity index (χ0n) is 19.5. The van der Waals surface area contributed by atoms with Crippen molar-refractivity contribution in [2.75, 3.05) is 16.8 Å². The fourth-order valence-electron chi connectivity index (χ4n) is 4.64. The van der Waals surface area contributed by atoms with E-state index in [2.05, 4.69) is 56.1 Å². The molecule has 162 valence electrons. The topological polar surface area (TPSA) is 56.1 Å². The van der Waals surface area contributed by atoms with Gasteiger partial charge in [0.25, 0.3) is 5.91 Å². The highest BCUT2D eigenvalue weighted by Gasteiger charge is 2.35. The predicted octanol–water partition coefficient (Wildman–Crippen LogP) is 6.35. The molecule has 0 bridgehead atoms. The molecular formula is C27H33N3O. The Morgan fingerprint density at radius 1 is 1.29 bits per heavy atom. The van der Waals surface area contributed by atoms with Crippen molar-refractivity contribution in [3.8, 4) is 6.07 Å². The van der Waals surface area contributed by atoms with Gasteiger partial charge >= 0.3 is 0 Å². The average molecular weight is 416 g/mol. The molecule has 1 amide bonds. The number of hydrogen-bond donors (Lipinski definition) is 1. The number of nitriles is 1. The van der Waals surface area contributed by atoms with Crippen molar-refractivity contribution in [3.63, 3.8) is 0 Å². The van der Waals surface area contributed by atoms with Crippen molar-refractivity contribution < 1.29 is 4.79 Å². The van der Waals surface area contributed by atoms with Gasteiger partial charge < -0.3 is 10.2 Å². The minimum Gasteiger partial charge on any atom is -0.366 e. The summed E-state index contributed by atoms with van der Waals surface area (Å²) in [5, 5.41) is 12.5. The van der Waals surface area contributed by atoms with Crippen molar-refractivity contribution in [1.29, 1.82) is 5.26 Å². The summed E-state index contributed by atoms with van der Waals surface area (Å²) >= 11 is 0. The van der Waals surface area contributed by atoms with Crippen molar-refractivity contribution in [2.24, 2.45) is 0 Å². The van der Waals surface area contributed by atoms with E-state index in [0.29, 0.717) is 5.92 Å². The van der Waals surface area contributed by atoms with Gasteiger partial charge in [-0.05, 0) is 93.0 Å². The van der Waals surface area contributed by atoms with E-state index in [1.807, 2.05) is 38.1 Å². The maximum absolute atomic E-state index is 12.8. The number of fused-ring (bicyclic) bond motifs is 1. The number of carbonyl (C=O) groups excluding carboxylic acids is 1. The molecule has 0 spiro atoms. The van der Waals surface area contributed by atoms with E-state index in [4.69, 9.17) is 0 Å². The molecule has 31 heavy (non-hydrogen) atoms. The molecule has 0 aromatic heterocycles. The molecule has 1 heterocycles. The van der Waals surface area contributed by atoms with Crippen LogP contribution in [-0.4, -0.2) is 18.0 Å². The van der Waals surface area contributed by atoms with Crippen LogP contribution in [-0.2, 0) is 4.79 Å². The van der Waals surface area contributed by atoms with Crippen LogP contribution in [0.2, 0.25) is 0 Å². The molecule has 1 N–H and O–H groups in total. The van der Waals surface area contributed by atoms with Gasteiger partial charge in [0, 0.05) is 23.5 Å². The average Bonchev–Trinajstić information content (AvgIpc) is 2.72. The van der Waals surface area contributed by atoms with E-state index in [9.17, 15) is 10.1 Å². The fourth-order valence-corrected chi connectivity index (χ4v) is 4.64. The number of aryl methyl sites for hydroxylation is 1. The van der Waals surface area contributed by atoms with E-state index in [1.54, 1.807) is 6.08 Å². The van der Waals surface area contributed by atoms with Crippen LogP contribution in [0.3, 0.4) is 0 Å². The van der Waals surface area contributed by atoms with Gasteiger partial charge in [-0.2, -0.15) is 5.26 Å². The van der Waals surface area contributed by atoms with Crippen LogP contribution >= 0.6 is 0 Å². The molecule has 0 fully saturated rings. The molecule has 2 aromatic carbocycles. The molecule has 1 unspecified atom stereocenters. The summed E-state index contributed by atoms with van der Waals surface area (Å²) in [4.78, 5) is 15.3. The minimum atomic E-state index is -0.379. The highest BCUT2D eigenvalue weighted by Crippen LogP contribution is 2.43. The van der Waals surface area contributed by atoms with Crippen LogP contribution in [0.25, 0.3) is 6.08 Å². The molecule has 0 radical (unpaired) electrons. The standard InChI is InChI=1S/C27H33N3O/c1-7-13-30-25-12-11-21(15-23(25)19(3)16-27(30,5)6)14-22(17-28)26(31)29-24-10-8-9-18(2)20(24)4/h8-12,14-15,19H,7,13,16H2,1-6H3,(H,29,31)/b22-14+. The summed E-state index contributed by atoms with van der Waals surface area (Å²) in [5.41, 5.74) is 6.50. The van der Waals surface area contributed by atoms with E-state index in [1.165, 1.54) is 11.3 Å². The summed E-state index contributed by atoms with van der Waals surface area (Å²) in [5.74, 6) is 0.0384. The Bertz CT molecular complexity index is 1060. The summed E-state index contributed by atoms with van der Waals surface area (Å²) in [7, 11) is 0. The van der Waals surface area contributed by atoms with Crippen molar-refractivity contribution >= 4 is 23.4 Å². The van der Waals surface area contributed by atoms with E-state index in [0.717, 1.165) is 41.8 Å². The third-order valence-corrected chi connectivity index (χ3v) is 6.39. The van der Waals surface area contributed by atoms with E-state index < -0.39 is 0 Å². The summed E-state index contributed by atoms with van der Waals surface area (Å²) in [6, 6.07) is 14.1. The van der Waals surface area contributed by atoms with Crippen molar-refractivity contribution in [1.82, 2.24) is 0 Å². The first kappa shape index (κ1) is 22.6. The third-order valence-electron chi connectivity index (χ3n) is 6.39. The summed E-state index contributed by atoms with van der Waals surface area (Å²) < 4.78 is 0. The number of carbonyl (C=O) groups is 1. The molecule has 0 aliphatic carbocycles. The van der Waals surface area contributed by atoms with Crippen LogP contribution in [0.15, 0.2) is 42.0 Å². The Morgan fingerprint density at radius 3 is 2.71 bits per heavy atom. The lowest BCUT2D eigenvalue weighted by Crippen LogP contribution is -2.48. The van der Waals surface area contributed by atoms with Crippen molar-refractivity contribution in [2.45, 2.75) is 65.8 Å². The second-order valence-electron chi connectivity index (χ2n) is 9.26. The van der Waals surface area contributed by atoms with E-state index in [-0.39, 0.29) is 17.0 Å². The van der Waals surface area contributed by atoms with Crippen LogP contribution in [0.5, 0.6) is 0 Å². The molecule has 4 nitrogen and oxygen atoms in total. The predicted molar refractivity (Wildman–Crippen MR) is 129 cm³/mol. The number of anilines is 2. The maximum Gasteiger partial charge on any atom is 0.266 e. The molecule has 1 aliphatic rings. The number of hydrogen-bond acceptors (Lipinski definition) is 3. The molecule has 3 rings (SSSR count). The number of rotatable bonds is 5. The Morgan fingerprint density at radius 2 is 2.03 bits per heavy atom. The Balaban J connectivity index is 1.92. The van der Waals surface area contributed by atoms with Gasteiger partial charge in [-0.15, -0.1) is 0 Å². The molecule has 4 heteroatoms. The van der Waals surface area contributed by atoms with Crippen LogP contribution in [0.1, 0.15) is 68.7 Å². The summed E-state index contributed by atoms with van der Waals surface area (Å²) in [6.07, 6.45) is 3.86. The fraction of sp³-hybridized carbons (Fsp3) is 0.407. The van der Waals surface area contributed by atoms with Gasteiger partial charge in [-0.3, -0.25) is 4.79 Å². The molecule has 1 aliphatic heterocycles. The Labute approximate surface area is 186 Å². The molecule has 1 atom stereocenters. The molecule has 0 saturated heterocycles. The second-order valence-corrected chi connectivity index (χ2v) is 9.26. The number of nitrogens with one attached hydrogen (secondary N) is 1. The van der Waals surface area contributed by atoms with Gasteiger partial charge in [0.05, 0.1) is 0 Å². The zero-order chi connectivity index (χ0) is 22.8. The lowest BCUT2D eigenvalue weighted by Gasteiger charge is -2.47. The minimum absolute atomic E-state index is 0.107. The number of amides is 1. The lowest BCUT2D eigenvalue weighted by atomic mass is 9.79. The molecule has 0 saturated carbocycles. The first-order valence-corrected chi connectivity index (χ1v) is 11.1. The second kappa shape index (κ2) is 8.98. The summed E-state index contributed by atoms with van der Waals surface area (Å²) in [6.45, 7) is 14.1. The van der Waals surface area contributed by atoms with E-state index >= 15 is 0 Å².